The zero-order chi connectivity index (χ0) is 18.7. The van der Waals surface area contributed by atoms with Crippen LogP contribution in [0, 0.1) is 5.92 Å². The summed E-state index contributed by atoms with van der Waals surface area (Å²) in [5, 5.41) is 5.71. The lowest BCUT2D eigenvalue weighted by Gasteiger charge is -2.36. The van der Waals surface area contributed by atoms with E-state index in [2.05, 4.69) is 17.2 Å². The molecule has 0 aromatic carbocycles. The summed E-state index contributed by atoms with van der Waals surface area (Å²) in [6.45, 7) is 3.77. The molecule has 2 aliphatic rings. The van der Waals surface area contributed by atoms with Crippen LogP contribution < -0.4 is 5.32 Å². The molecular weight excluding hydrogens is 354 g/mol. The van der Waals surface area contributed by atoms with Gasteiger partial charge in [0.15, 0.2) is 0 Å². The molecule has 8 heteroatoms. The normalized spacial score (nSPS) is 25.6. The molecule has 2 fully saturated rings. The van der Waals surface area contributed by atoms with Gasteiger partial charge in [-0.3, -0.25) is 14.5 Å². The van der Waals surface area contributed by atoms with Crippen molar-refractivity contribution < 1.29 is 19.1 Å². The molecule has 1 saturated heterocycles. The summed E-state index contributed by atoms with van der Waals surface area (Å²) >= 11 is 1.54. The fourth-order valence-corrected chi connectivity index (χ4v) is 4.60. The number of imide groups is 1. The molecule has 3 rings (SSSR count). The van der Waals surface area contributed by atoms with Crippen LogP contribution in [0.25, 0.3) is 0 Å². The van der Waals surface area contributed by atoms with Crippen molar-refractivity contribution in [3.05, 3.63) is 16.1 Å². The van der Waals surface area contributed by atoms with Gasteiger partial charge >= 0.3 is 12.0 Å². The van der Waals surface area contributed by atoms with E-state index in [1.54, 1.807) is 11.3 Å². The van der Waals surface area contributed by atoms with Crippen molar-refractivity contribution in [2.24, 2.45) is 5.92 Å². The number of ether oxygens (including phenoxy) is 1. The Labute approximate surface area is 157 Å². The molecule has 2 atom stereocenters. The third-order valence-corrected chi connectivity index (χ3v) is 6.19. The van der Waals surface area contributed by atoms with Crippen LogP contribution in [-0.4, -0.2) is 39.9 Å². The molecule has 0 bridgehead atoms. The number of nitrogens with one attached hydrogen (secondary N) is 1. The number of esters is 1. The van der Waals surface area contributed by atoms with Gasteiger partial charge in [-0.2, -0.15) is 0 Å². The third-order valence-electron chi connectivity index (χ3n) is 5.23. The van der Waals surface area contributed by atoms with Gasteiger partial charge in [0.05, 0.1) is 10.7 Å². The van der Waals surface area contributed by atoms with E-state index in [1.807, 2.05) is 12.3 Å². The number of amides is 3. The van der Waals surface area contributed by atoms with E-state index in [9.17, 15) is 14.4 Å². The van der Waals surface area contributed by atoms with E-state index >= 15 is 0 Å². The second-order valence-electron chi connectivity index (χ2n) is 7.08. The van der Waals surface area contributed by atoms with Crippen LogP contribution in [0.3, 0.4) is 0 Å². The van der Waals surface area contributed by atoms with Crippen LogP contribution in [0.1, 0.15) is 56.7 Å². The molecule has 2 heterocycles. The first-order valence-electron chi connectivity index (χ1n) is 9.19. The summed E-state index contributed by atoms with van der Waals surface area (Å²) in [6.07, 6.45) is 5.40. The zero-order valence-corrected chi connectivity index (χ0v) is 16.1. The zero-order valence-electron chi connectivity index (χ0n) is 15.2. The van der Waals surface area contributed by atoms with Crippen LogP contribution in [0.2, 0.25) is 0 Å². The molecule has 1 N–H and O–H groups in total. The van der Waals surface area contributed by atoms with Gasteiger partial charge in [-0.05, 0) is 31.6 Å². The molecule has 1 aliphatic carbocycles. The summed E-state index contributed by atoms with van der Waals surface area (Å²) in [7, 11) is 0. The molecular formula is C18H25N3O4S. The SMILES string of the molecule is CCCc1nc(COC(=O)CN2C(=O)NC3(CCCCC3C)C2=O)cs1. The highest BCUT2D eigenvalue weighted by Gasteiger charge is 2.55. The molecule has 1 saturated carbocycles. The van der Waals surface area contributed by atoms with Crippen molar-refractivity contribution in [2.75, 3.05) is 6.54 Å². The second kappa shape index (κ2) is 7.73. The first kappa shape index (κ1) is 18.8. The first-order valence-corrected chi connectivity index (χ1v) is 10.1. The maximum Gasteiger partial charge on any atom is 0.326 e. The van der Waals surface area contributed by atoms with Gasteiger partial charge in [0.1, 0.15) is 18.7 Å². The standard InChI is InChI=1S/C18H25N3O4S/c1-3-6-14-19-13(11-26-14)10-25-15(22)9-21-16(23)18(20-17(21)24)8-5-4-7-12(18)2/h11-12H,3-10H2,1-2H3,(H,20,24). The van der Waals surface area contributed by atoms with Crippen LogP contribution in [0.15, 0.2) is 5.38 Å². The van der Waals surface area contributed by atoms with Gasteiger partial charge < -0.3 is 10.1 Å². The number of carbonyl (C=O) groups excluding carboxylic acids is 3. The maximum atomic E-state index is 12.8. The van der Waals surface area contributed by atoms with Crippen LogP contribution in [0.5, 0.6) is 0 Å². The Bertz CT molecular complexity index is 704. The van der Waals surface area contributed by atoms with Gasteiger partial charge in [0.25, 0.3) is 5.91 Å². The van der Waals surface area contributed by atoms with Crippen molar-refractivity contribution in [3.63, 3.8) is 0 Å². The van der Waals surface area contributed by atoms with Gasteiger partial charge in [0.2, 0.25) is 0 Å². The molecule has 142 valence electrons. The highest BCUT2D eigenvalue weighted by molar-refractivity contribution is 7.09. The molecule has 2 unspecified atom stereocenters. The topological polar surface area (TPSA) is 88.6 Å². The lowest BCUT2D eigenvalue weighted by Crippen LogP contribution is -2.54. The number of rotatable bonds is 6. The lowest BCUT2D eigenvalue weighted by molar-refractivity contribution is -0.149. The van der Waals surface area contributed by atoms with Crippen molar-refractivity contribution in [3.8, 4) is 0 Å². The molecule has 1 aromatic rings. The number of carbonyl (C=O) groups is 3. The maximum absolute atomic E-state index is 12.8. The van der Waals surface area contributed by atoms with E-state index in [-0.39, 0.29) is 25.0 Å². The van der Waals surface area contributed by atoms with Gasteiger partial charge in [-0.1, -0.05) is 26.7 Å². The minimum atomic E-state index is -0.848. The number of aryl methyl sites for hydroxylation is 1. The Morgan fingerprint density at radius 2 is 2.27 bits per heavy atom. The third kappa shape index (κ3) is 3.60. The smallest absolute Gasteiger partial charge is 0.326 e. The van der Waals surface area contributed by atoms with Gasteiger partial charge in [-0.15, -0.1) is 11.3 Å². The Morgan fingerprint density at radius 1 is 1.46 bits per heavy atom. The summed E-state index contributed by atoms with van der Waals surface area (Å²) in [5.74, 6) is -0.828. The number of hydrogen-bond acceptors (Lipinski definition) is 6. The Kier molecular flexibility index (Phi) is 5.60. The van der Waals surface area contributed by atoms with Crippen molar-refractivity contribution in [1.29, 1.82) is 0 Å². The quantitative estimate of drug-likeness (QED) is 0.606. The number of thiazole rings is 1. The van der Waals surface area contributed by atoms with Crippen LogP contribution in [0.4, 0.5) is 4.79 Å². The average molecular weight is 379 g/mol. The molecule has 1 aliphatic heterocycles. The van der Waals surface area contributed by atoms with Crippen molar-refractivity contribution >= 4 is 29.2 Å². The van der Waals surface area contributed by atoms with Gasteiger partial charge in [-0.25, -0.2) is 9.78 Å². The fourth-order valence-electron chi connectivity index (χ4n) is 3.71. The minimum absolute atomic E-state index is 0.0598. The van der Waals surface area contributed by atoms with Crippen molar-refractivity contribution in [1.82, 2.24) is 15.2 Å². The first-order chi connectivity index (χ1) is 12.5. The predicted molar refractivity (Wildman–Crippen MR) is 96.5 cm³/mol. The van der Waals surface area contributed by atoms with Crippen molar-refractivity contribution in [2.45, 2.75) is 64.5 Å². The van der Waals surface area contributed by atoms with E-state index in [0.29, 0.717) is 12.1 Å². The molecule has 1 aromatic heterocycles. The fraction of sp³-hybridized carbons (Fsp3) is 0.667. The van der Waals surface area contributed by atoms with E-state index in [1.165, 1.54) is 0 Å². The van der Waals surface area contributed by atoms with Crippen LogP contribution >= 0.6 is 11.3 Å². The lowest BCUT2D eigenvalue weighted by atomic mass is 9.73. The Hall–Kier alpha value is -1.96. The summed E-state index contributed by atoms with van der Waals surface area (Å²) in [6, 6.07) is -0.500. The molecule has 1 spiro atoms. The predicted octanol–water partition coefficient (Wildman–Crippen LogP) is 2.64. The van der Waals surface area contributed by atoms with E-state index in [4.69, 9.17) is 4.74 Å². The Morgan fingerprint density at radius 3 is 3.00 bits per heavy atom. The molecule has 7 nitrogen and oxygen atoms in total. The largest absolute Gasteiger partial charge is 0.458 e. The molecule has 0 radical (unpaired) electrons. The number of nitrogens with zero attached hydrogens (tertiary/aromatic N) is 2. The summed E-state index contributed by atoms with van der Waals surface area (Å²) in [4.78, 5) is 42.6. The average Bonchev–Trinajstić information content (AvgIpc) is 3.15. The molecule has 3 amide bonds. The highest BCUT2D eigenvalue weighted by atomic mass is 32.1. The number of hydrogen-bond donors (Lipinski definition) is 1. The van der Waals surface area contributed by atoms with Gasteiger partial charge in [0, 0.05) is 5.38 Å². The van der Waals surface area contributed by atoms with E-state index in [0.717, 1.165) is 42.0 Å². The van der Waals surface area contributed by atoms with Crippen LogP contribution in [-0.2, 0) is 27.4 Å². The highest BCUT2D eigenvalue weighted by Crippen LogP contribution is 2.38. The molecule has 26 heavy (non-hydrogen) atoms. The minimum Gasteiger partial charge on any atom is -0.458 e. The monoisotopic (exact) mass is 379 g/mol. The second-order valence-corrected chi connectivity index (χ2v) is 8.03. The number of urea groups is 1. The summed E-state index contributed by atoms with van der Waals surface area (Å²) < 4.78 is 5.21. The Balaban J connectivity index is 1.56. The van der Waals surface area contributed by atoms with E-state index < -0.39 is 17.5 Å². The summed E-state index contributed by atoms with van der Waals surface area (Å²) in [5.41, 5.74) is -0.152. The number of aromatic nitrogens is 1.